The van der Waals surface area contributed by atoms with Crippen molar-refractivity contribution in [3.05, 3.63) is 231 Å². The van der Waals surface area contributed by atoms with E-state index in [4.69, 9.17) is 4.42 Å². The molecule has 0 aliphatic heterocycles. The van der Waals surface area contributed by atoms with Crippen molar-refractivity contribution in [1.82, 2.24) is 4.57 Å². The molecular weight excluding hydrogens is 765 g/mol. The van der Waals surface area contributed by atoms with Crippen LogP contribution in [-0.2, 0) is 0 Å². The first-order chi connectivity index (χ1) is 31.2. The number of hydrogen-bond donors (Lipinski definition) is 0. The lowest BCUT2D eigenvalue weighted by atomic mass is 9.98. The van der Waals surface area contributed by atoms with Crippen molar-refractivity contribution >= 4 is 93.1 Å². The van der Waals surface area contributed by atoms with E-state index in [1.807, 2.05) is 12.1 Å². The molecule has 0 fully saturated rings. The monoisotopic (exact) mass is 802 g/mol. The van der Waals surface area contributed by atoms with Crippen LogP contribution in [0.25, 0.3) is 104 Å². The molecule has 0 radical (unpaired) electrons. The van der Waals surface area contributed by atoms with E-state index in [2.05, 4.69) is 228 Å². The molecule has 3 nitrogen and oxygen atoms in total. The lowest BCUT2D eigenvalue weighted by Gasteiger charge is -2.26. The summed E-state index contributed by atoms with van der Waals surface area (Å²) in [7, 11) is 0. The molecule has 0 atom stereocenters. The van der Waals surface area contributed by atoms with Crippen LogP contribution in [0.2, 0.25) is 0 Å². The lowest BCUT2D eigenvalue weighted by molar-refractivity contribution is 0.669. The molecule has 13 aromatic rings. The molecular formula is C60H38N2O. The fraction of sp³-hybridized carbons (Fsp3) is 0. The van der Waals surface area contributed by atoms with Crippen molar-refractivity contribution in [3.8, 4) is 27.9 Å². The molecule has 11 aromatic carbocycles. The molecule has 0 amide bonds. The second-order valence-electron chi connectivity index (χ2n) is 16.5. The van der Waals surface area contributed by atoms with Gasteiger partial charge in [0.05, 0.1) is 11.0 Å². The van der Waals surface area contributed by atoms with Gasteiger partial charge in [-0.05, 0) is 116 Å². The first-order valence-electron chi connectivity index (χ1n) is 21.6. The van der Waals surface area contributed by atoms with Gasteiger partial charge < -0.3 is 13.9 Å². The minimum absolute atomic E-state index is 0.900. The number of nitrogens with zero attached hydrogens (tertiary/aromatic N) is 2. The maximum Gasteiger partial charge on any atom is 0.136 e. The quantitative estimate of drug-likeness (QED) is 0.156. The highest BCUT2D eigenvalue weighted by atomic mass is 16.3. The van der Waals surface area contributed by atoms with Crippen LogP contribution in [-0.4, -0.2) is 4.57 Å². The highest BCUT2D eigenvalue weighted by Crippen LogP contribution is 2.43. The van der Waals surface area contributed by atoms with Crippen molar-refractivity contribution in [2.45, 2.75) is 0 Å². The summed E-state index contributed by atoms with van der Waals surface area (Å²) < 4.78 is 8.71. The largest absolute Gasteiger partial charge is 0.456 e. The predicted molar refractivity (Wildman–Crippen MR) is 266 cm³/mol. The van der Waals surface area contributed by atoms with E-state index in [0.29, 0.717) is 0 Å². The molecule has 2 aromatic heterocycles. The molecule has 3 heteroatoms. The average molecular weight is 803 g/mol. The van der Waals surface area contributed by atoms with E-state index in [9.17, 15) is 0 Å². The van der Waals surface area contributed by atoms with Crippen molar-refractivity contribution in [3.63, 3.8) is 0 Å². The first-order valence-corrected chi connectivity index (χ1v) is 21.6. The van der Waals surface area contributed by atoms with Gasteiger partial charge >= 0.3 is 0 Å². The summed E-state index contributed by atoms with van der Waals surface area (Å²) >= 11 is 0. The molecule has 13 rings (SSSR count). The summed E-state index contributed by atoms with van der Waals surface area (Å²) in [4.78, 5) is 2.38. The Hall–Kier alpha value is -8.40. The van der Waals surface area contributed by atoms with Gasteiger partial charge in [0.2, 0.25) is 0 Å². The number of rotatable bonds is 6. The van der Waals surface area contributed by atoms with Gasteiger partial charge in [0.15, 0.2) is 0 Å². The van der Waals surface area contributed by atoms with Gasteiger partial charge in [-0.3, -0.25) is 0 Å². The number of fused-ring (bicyclic) bond motifs is 11. The molecule has 0 spiro atoms. The number of para-hydroxylation sites is 2. The predicted octanol–water partition coefficient (Wildman–Crippen LogP) is 16.9. The zero-order chi connectivity index (χ0) is 41.4. The van der Waals surface area contributed by atoms with Crippen LogP contribution in [0.3, 0.4) is 0 Å². The molecule has 0 unspecified atom stereocenters. The van der Waals surface area contributed by atoms with Crippen LogP contribution >= 0.6 is 0 Å². The summed E-state index contributed by atoms with van der Waals surface area (Å²) in [6, 6.07) is 83.6. The maximum atomic E-state index is 6.27. The fourth-order valence-electron chi connectivity index (χ4n) is 9.99. The Labute approximate surface area is 363 Å². The smallest absolute Gasteiger partial charge is 0.136 e. The van der Waals surface area contributed by atoms with Crippen molar-refractivity contribution in [2.75, 3.05) is 4.90 Å². The molecule has 0 saturated heterocycles. The highest BCUT2D eigenvalue weighted by Gasteiger charge is 2.19. The third-order valence-corrected chi connectivity index (χ3v) is 13.0. The Bertz CT molecular complexity index is 3900. The topological polar surface area (TPSA) is 21.3 Å². The van der Waals surface area contributed by atoms with Gasteiger partial charge in [-0.1, -0.05) is 164 Å². The SMILES string of the molecule is c1ccc(-n2c3cc(-c4ccc(N(c5ccc(-c6cccc7oc8ccccc8c67)cc5)c5ccc6ccc7ccccc7c6c5)cc4)ccc3c3ccc4ccccc4c32)cc1. The van der Waals surface area contributed by atoms with Crippen molar-refractivity contribution < 1.29 is 4.42 Å². The molecule has 294 valence electrons. The lowest BCUT2D eigenvalue weighted by Crippen LogP contribution is -2.09. The molecule has 63 heavy (non-hydrogen) atoms. The molecule has 0 bridgehead atoms. The Morgan fingerprint density at radius 3 is 1.70 bits per heavy atom. The minimum Gasteiger partial charge on any atom is -0.456 e. The number of anilines is 3. The van der Waals surface area contributed by atoms with Gasteiger partial charge in [0.1, 0.15) is 11.2 Å². The van der Waals surface area contributed by atoms with Crippen molar-refractivity contribution in [2.24, 2.45) is 0 Å². The van der Waals surface area contributed by atoms with Crippen LogP contribution in [0.15, 0.2) is 235 Å². The Balaban J connectivity index is 0.948. The van der Waals surface area contributed by atoms with Crippen LogP contribution < -0.4 is 4.90 Å². The first kappa shape index (κ1) is 35.4. The van der Waals surface area contributed by atoms with E-state index in [1.54, 1.807) is 0 Å². The molecule has 0 aliphatic carbocycles. The maximum absolute atomic E-state index is 6.27. The third-order valence-electron chi connectivity index (χ3n) is 13.0. The Kier molecular flexibility index (Phi) is 7.91. The Morgan fingerprint density at radius 2 is 0.905 bits per heavy atom. The van der Waals surface area contributed by atoms with Crippen LogP contribution in [0.1, 0.15) is 0 Å². The van der Waals surface area contributed by atoms with E-state index < -0.39 is 0 Å². The number of furan rings is 1. The second kappa shape index (κ2) is 14.1. The van der Waals surface area contributed by atoms with Crippen LogP contribution in [0, 0.1) is 0 Å². The van der Waals surface area contributed by atoms with Gasteiger partial charge in [0, 0.05) is 49.7 Å². The second-order valence-corrected chi connectivity index (χ2v) is 16.5. The fourth-order valence-corrected chi connectivity index (χ4v) is 9.99. The number of hydrogen-bond acceptors (Lipinski definition) is 2. The molecule has 2 heterocycles. The molecule has 0 N–H and O–H groups in total. The average Bonchev–Trinajstić information content (AvgIpc) is 3.91. The summed E-state index contributed by atoms with van der Waals surface area (Å²) in [5.41, 5.74) is 13.3. The number of aromatic nitrogens is 1. The van der Waals surface area contributed by atoms with E-state index in [0.717, 1.165) is 61.4 Å². The molecule has 0 saturated carbocycles. The zero-order valence-corrected chi connectivity index (χ0v) is 34.2. The Morgan fingerprint density at radius 1 is 0.333 bits per heavy atom. The van der Waals surface area contributed by atoms with Crippen LogP contribution in [0.5, 0.6) is 0 Å². The van der Waals surface area contributed by atoms with Gasteiger partial charge in [-0.15, -0.1) is 0 Å². The summed E-state index contributed by atoms with van der Waals surface area (Å²) in [5.74, 6) is 0. The highest BCUT2D eigenvalue weighted by molar-refractivity contribution is 6.19. The van der Waals surface area contributed by atoms with E-state index >= 15 is 0 Å². The summed E-state index contributed by atoms with van der Waals surface area (Å²) in [5, 5.41) is 12.2. The summed E-state index contributed by atoms with van der Waals surface area (Å²) in [6.07, 6.45) is 0. The normalized spacial score (nSPS) is 11.8. The van der Waals surface area contributed by atoms with Crippen LogP contribution in [0.4, 0.5) is 17.1 Å². The minimum atomic E-state index is 0.900. The van der Waals surface area contributed by atoms with E-state index in [1.165, 1.54) is 59.7 Å². The molecule has 0 aliphatic rings. The van der Waals surface area contributed by atoms with Gasteiger partial charge in [-0.25, -0.2) is 0 Å². The zero-order valence-electron chi connectivity index (χ0n) is 34.2. The van der Waals surface area contributed by atoms with Gasteiger partial charge in [0.25, 0.3) is 0 Å². The number of benzene rings is 11. The van der Waals surface area contributed by atoms with E-state index in [-0.39, 0.29) is 0 Å². The third kappa shape index (κ3) is 5.67. The standard InChI is InChI=1S/C60H38N2O/c1-2-13-45(14-3-1)62-56-37-44(29-35-52(56)53-36-28-41-12-5-7-16-51(41)60(53)62)39-23-30-46(31-24-39)61(48-34-27-43-22-21-40-11-4-6-15-49(40)55(43)38-48)47-32-25-42(26-33-47)50-18-10-20-58-59(50)54-17-8-9-19-57(54)63-58/h1-38H. The van der Waals surface area contributed by atoms with Crippen molar-refractivity contribution in [1.29, 1.82) is 0 Å². The van der Waals surface area contributed by atoms with Gasteiger partial charge in [-0.2, -0.15) is 0 Å². The summed E-state index contributed by atoms with van der Waals surface area (Å²) in [6.45, 7) is 0.